The predicted octanol–water partition coefficient (Wildman–Crippen LogP) is 1.53. The number of carbonyl (C=O) groups excluding carboxylic acids is 1. The molecule has 0 aliphatic carbocycles. The van der Waals surface area contributed by atoms with Gasteiger partial charge in [0.15, 0.2) is 11.4 Å². The molecule has 1 aromatic heterocycles. The van der Waals surface area contributed by atoms with Crippen LogP contribution in [0.25, 0.3) is 0 Å². The number of carboxylic acids is 1. The average molecular weight is 386 g/mol. The number of benzene rings is 1. The van der Waals surface area contributed by atoms with Gasteiger partial charge in [0.2, 0.25) is 5.43 Å². The van der Waals surface area contributed by atoms with Crippen molar-refractivity contribution in [2.45, 2.75) is 19.4 Å². The fraction of sp³-hybridized carbons (Fsp3) is 0.350. The highest BCUT2D eigenvalue weighted by molar-refractivity contribution is 5.97. The summed E-state index contributed by atoms with van der Waals surface area (Å²) in [6, 6.07) is 9.20. The number of hydrogen-bond donors (Lipinski definition) is 2. The number of fused-ring (bicyclic) bond motifs is 1. The number of ether oxygens (including phenoxy) is 1. The van der Waals surface area contributed by atoms with E-state index in [1.807, 2.05) is 37.3 Å². The number of aromatic nitrogens is 1. The first kappa shape index (κ1) is 19.6. The van der Waals surface area contributed by atoms with Gasteiger partial charge in [-0.15, -0.1) is 0 Å². The quantitative estimate of drug-likeness (QED) is 0.699. The van der Waals surface area contributed by atoms with E-state index in [2.05, 4.69) is 0 Å². The molecule has 1 aliphatic heterocycles. The molecule has 1 atom stereocenters. The van der Waals surface area contributed by atoms with Crippen LogP contribution in [0.5, 0.6) is 5.75 Å². The standard InChI is InChI=1S/C20H22N2O6/c1-2-28-9-8-21-11-14(10-13-6-4-3-5-7-13)22-12-15(20(26)27)17(23)18(24)16(22)19(21)25/h3-7,12,14,24H,2,8-11H2,1H3,(H,26,27)/t14-/m1/s1. The molecular formula is C20H22N2O6. The molecule has 2 aromatic rings. The summed E-state index contributed by atoms with van der Waals surface area (Å²) in [5.74, 6) is -2.79. The third kappa shape index (κ3) is 3.77. The first-order chi connectivity index (χ1) is 13.4. The van der Waals surface area contributed by atoms with Gasteiger partial charge in [0.1, 0.15) is 5.56 Å². The van der Waals surface area contributed by atoms with E-state index < -0.39 is 28.6 Å². The number of rotatable bonds is 7. The third-order valence-corrected chi connectivity index (χ3v) is 4.78. The van der Waals surface area contributed by atoms with Crippen molar-refractivity contribution in [3.63, 3.8) is 0 Å². The van der Waals surface area contributed by atoms with Gasteiger partial charge in [0.05, 0.1) is 12.6 Å². The van der Waals surface area contributed by atoms with Gasteiger partial charge >= 0.3 is 5.97 Å². The Morgan fingerprint density at radius 1 is 1.25 bits per heavy atom. The molecule has 0 spiro atoms. The molecule has 1 aromatic carbocycles. The molecule has 8 nitrogen and oxygen atoms in total. The molecule has 8 heteroatoms. The van der Waals surface area contributed by atoms with Gasteiger partial charge in [0.25, 0.3) is 5.91 Å². The molecule has 148 valence electrons. The highest BCUT2D eigenvalue weighted by atomic mass is 16.5. The molecule has 1 amide bonds. The molecule has 28 heavy (non-hydrogen) atoms. The molecular weight excluding hydrogens is 364 g/mol. The van der Waals surface area contributed by atoms with Crippen molar-refractivity contribution in [2.24, 2.45) is 0 Å². The number of amides is 1. The maximum absolute atomic E-state index is 12.9. The van der Waals surface area contributed by atoms with E-state index in [0.717, 1.165) is 11.8 Å². The molecule has 3 rings (SSSR count). The van der Waals surface area contributed by atoms with E-state index in [1.165, 1.54) is 9.47 Å². The first-order valence-electron chi connectivity index (χ1n) is 9.06. The third-order valence-electron chi connectivity index (χ3n) is 4.78. The normalized spacial score (nSPS) is 16.1. The van der Waals surface area contributed by atoms with E-state index in [1.54, 1.807) is 0 Å². The van der Waals surface area contributed by atoms with Gasteiger partial charge in [-0.2, -0.15) is 0 Å². The monoisotopic (exact) mass is 386 g/mol. The molecule has 1 aliphatic rings. The van der Waals surface area contributed by atoms with Crippen molar-refractivity contribution >= 4 is 11.9 Å². The average Bonchev–Trinajstić information content (AvgIpc) is 2.68. The first-order valence-corrected chi connectivity index (χ1v) is 9.06. The topological polar surface area (TPSA) is 109 Å². The Morgan fingerprint density at radius 3 is 2.61 bits per heavy atom. The predicted molar refractivity (Wildman–Crippen MR) is 101 cm³/mol. The van der Waals surface area contributed by atoms with Gasteiger partial charge in [-0.25, -0.2) is 4.79 Å². The molecule has 0 radical (unpaired) electrons. The van der Waals surface area contributed by atoms with Crippen LogP contribution in [0, 0.1) is 0 Å². The molecule has 2 N–H and O–H groups in total. The second-order valence-electron chi connectivity index (χ2n) is 6.57. The molecule has 2 heterocycles. The summed E-state index contributed by atoms with van der Waals surface area (Å²) in [7, 11) is 0. The van der Waals surface area contributed by atoms with Crippen LogP contribution in [0.2, 0.25) is 0 Å². The number of aromatic hydroxyl groups is 1. The fourth-order valence-electron chi connectivity index (χ4n) is 3.41. The molecule has 0 fully saturated rings. The molecule has 0 saturated heterocycles. The van der Waals surface area contributed by atoms with Crippen LogP contribution in [0.15, 0.2) is 41.3 Å². The minimum atomic E-state index is -1.44. The Bertz CT molecular complexity index is 938. The number of carbonyl (C=O) groups is 2. The van der Waals surface area contributed by atoms with Gasteiger partial charge in [-0.1, -0.05) is 30.3 Å². The number of hydrogen-bond acceptors (Lipinski definition) is 5. The van der Waals surface area contributed by atoms with Crippen LogP contribution in [-0.2, 0) is 11.2 Å². The smallest absolute Gasteiger partial charge is 0.341 e. The van der Waals surface area contributed by atoms with Gasteiger partial charge in [-0.3, -0.25) is 9.59 Å². The van der Waals surface area contributed by atoms with Gasteiger partial charge in [0, 0.05) is 25.9 Å². The van der Waals surface area contributed by atoms with E-state index in [4.69, 9.17) is 4.74 Å². The maximum Gasteiger partial charge on any atom is 0.341 e. The van der Waals surface area contributed by atoms with Crippen LogP contribution in [-0.4, -0.2) is 57.9 Å². The largest absolute Gasteiger partial charge is 0.503 e. The molecule has 0 bridgehead atoms. The van der Waals surface area contributed by atoms with Crippen LogP contribution in [0.4, 0.5) is 0 Å². The highest BCUT2D eigenvalue weighted by Crippen LogP contribution is 2.28. The summed E-state index contributed by atoms with van der Waals surface area (Å²) in [4.78, 5) is 38.0. The fourth-order valence-corrected chi connectivity index (χ4v) is 3.41. The number of carboxylic acid groups (broad SMARTS) is 1. The Balaban J connectivity index is 2.06. The van der Waals surface area contributed by atoms with E-state index >= 15 is 0 Å². The lowest BCUT2D eigenvalue weighted by Crippen LogP contribution is -2.46. The zero-order valence-corrected chi connectivity index (χ0v) is 15.5. The van der Waals surface area contributed by atoms with Crippen LogP contribution in [0.3, 0.4) is 0 Å². The Labute approximate surface area is 161 Å². The zero-order valence-electron chi connectivity index (χ0n) is 15.5. The number of pyridine rings is 1. The lowest BCUT2D eigenvalue weighted by atomic mass is 10.0. The van der Waals surface area contributed by atoms with E-state index in [9.17, 15) is 24.6 Å². The summed E-state index contributed by atoms with van der Waals surface area (Å²) in [5.41, 5.74) is -0.807. The zero-order chi connectivity index (χ0) is 20.3. The van der Waals surface area contributed by atoms with E-state index in [-0.39, 0.29) is 11.7 Å². The van der Waals surface area contributed by atoms with Crippen LogP contribution in [0.1, 0.15) is 39.4 Å². The van der Waals surface area contributed by atoms with Crippen molar-refractivity contribution in [3.8, 4) is 5.75 Å². The van der Waals surface area contributed by atoms with Crippen molar-refractivity contribution in [3.05, 3.63) is 63.6 Å². The Hall–Kier alpha value is -3.13. The van der Waals surface area contributed by atoms with Crippen molar-refractivity contribution in [2.75, 3.05) is 26.3 Å². The summed E-state index contributed by atoms with van der Waals surface area (Å²) < 4.78 is 6.75. The van der Waals surface area contributed by atoms with Gasteiger partial charge < -0.3 is 24.4 Å². The minimum absolute atomic E-state index is 0.182. The SMILES string of the molecule is CCOCCN1C[C@@H](Cc2ccccc2)n2cc(C(=O)O)c(=O)c(O)c2C1=O. The second-order valence-corrected chi connectivity index (χ2v) is 6.57. The summed E-state index contributed by atoms with van der Waals surface area (Å²) in [6.45, 7) is 3.32. The van der Waals surface area contributed by atoms with E-state index in [0.29, 0.717) is 32.7 Å². The molecule has 0 unspecified atom stereocenters. The highest BCUT2D eigenvalue weighted by Gasteiger charge is 2.35. The van der Waals surface area contributed by atoms with Crippen LogP contribution < -0.4 is 5.43 Å². The van der Waals surface area contributed by atoms with Crippen LogP contribution >= 0.6 is 0 Å². The summed E-state index contributed by atoms with van der Waals surface area (Å²) >= 11 is 0. The Kier molecular flexibility index (Phi) is 5.79. The van der Waals surface area contributed by atoms with Crippen molar-refractivity contribution in [1.82, 2.24) is 9.47 Å². The minimum Gasteiger partial charge on any atom is -0.503 e. The second kappa shape index (κ2) is 8.26. The number of aromatic carboxylic acids is 1. The summed E-state index contributed by atoms with van der Waals surface area (Å²) in [5, 5.41) is 19.6. The molecule has 0 saturated carbocycles. The summed E-state index contributed by atoms with van der Waals surface area (Å²) in [6.07, 6.45) is 1.67. The van der Waals surface area contributed by atoms with Crippen molar-refractivity contribution < 1.29 is 24.5 Å². The van der Waals surface area contributed by atoms with Crippen molar-refractivity contribution in [1.29, 1.82) is 0 Å². The Morgan fingerprint density at radius 2 is 1.96 bits per heavy atom. The lowest BCUT2D eigenvalue weighted by Gasteiger charge is -2.36. The number of nitrogens with zero attached hydrogens (tertiary/aromatic N) is 2. The maximum atomic E-state index is 12.9. The lowest BCUT2D eigenvalue weighted by molar-refractivity contribution is 0.0550. The van der Waals surface area contributed by atoms with Gasteiger partial charge in [-0.05, 0) is 18.9 Å².